The lowest BCUT2D eigenvalue weighted by Gasteiger charge is -2.12. The molecule has 0 bridgehead atoms. The van der Waals surface area contributed by atoms with E-state index in [1.807, 2.05) is 34.4 Å². The van der Waals surface area contributed by atoms with Crippen LogP contribution < -0.4 is 10.6 Å². The molecule has 1 fully saturated rings. The number of aromatic carboxylic acids is 1. The third-order valence-corrected chi connectivity index (χ3v) is 5.04. The van der Waals surface area contributed by atoms with Gasteiger partial charge in [0, 0.05) is 15.4 Å². The Morgan fingerprint density at radius 1 is 1.45 bits per heavy atom. The molecule has 2 rings (SSSR count). The lowest BCUT2D eigenvalue weighted by molar-refractivity contribution is 0.0698. The zero-order valence-corrected chi connectivity index (χ0v) is 13.7. The minimum Gasteiger partial charge on any atom is -0.478 e. The van der Waals surface area contributed by atoms with Crippen molar-refractivity contribution in [2.24, 2.45) is 0 Å². The molecule has 0 aromatic heterocycles. The van der Waals surface area contributed by atoms with Crippen molar-refractivity contribution < 1.29 is 14.7 Å². The van der Waals surface area contributed by atoms with Gasteiger partial charge in [-0.05, 0) is 59.4 Å². The number of urea groups is 1. The lowest BCUT2D eigenvalue weighted by Crippen LogP contribution is -2.33. The molecule has 0 saturated carbocycles. The maximum atomic E-state index is 11.8. The fraction of sp³-hybridized carbons (Fsp3) is 0.385. The minimum absolute atomic E-state index is 0.0993. The van der Waals surface area contributed by atoms with Crippen LogP contribution >= 0.6 is 34.4 Å². The summed E-state index contributed by atoms with van der Waals surface area (Å²) in [5.41, 5.74) is 0.414. The molecule has 2 amide bonds. The summed E-state index contributed by atoms with van der Waals surface area (Å²) in [5.74, 6) is 0.0963. The second-order valence-electron chi connectivity index (χ2n) is 4.47. The van der Waals surface area contributed by atoms with Crippen LogP contribution in [0.4, 0.5) is 10.5 Å². The standard InChI is InChI=1S/C13H15IN2O3S/c14-8-3-4-11(10(6-8)12(17)18)16-13(19)15-7-9-2-1-5-20-9/h3-4,6,9H,1-2,5,7H2,(H,17,18)(H2,15,16,19). The van der Waals surface area contributed by atoms with E-state index in [1.54, 1.807) is 12.1 Å². The predicted molar refractivity (Wildman–Crippen MR) is 88.6 cm³/mol. The van der Waals surface area contributed by atoms with E-state index < -0.39 is 5.97 Å². The van der Waals surface area contributed by atoms with E-state index >= 15 is 0 Å². The molecule has 1 heterocycles. The Kier molecular flexibility index (Phi) is 5.53. The van der Waals surface area contributed by atoms with E-state index in [-0.39, 0.29) is 11.6 Å². The van der Waals surface area contributed by atoms with Gasteiger partial charge >= 0.3 is 12.0 Å². The van der Waals surface area contributed by atoms with E-state index in [2.05, 4.69) is 10.6 Å². The molecule has 1 aromatic carbocycles. The Hall–Kier alpha value is -0.960. The smallest absolute Gasteiger partial charge is 0.337 e. The summed E-state index contributed by atoms with van der Waals surface area (Å²) >= 11 is 3.90. The van der Waals surface area contributed by atoms with Gasteiger partial charge < -0.3 is 15.7 Å². The van der Waals surface area contributed by atoms with Crippen LogP contribution in [0.1, 0.15) is 23.2 Å². The molecule has 0 radical (unpaired) electrons. The van der Waals surface area contributed by atoms with Crippen LogP contribution in [-0.4, -0.2) is 34.7 Å². The number of anilines is 1. The lowest BCUT2D eigenvalue weighted by atomic mass is 10.2. The van der Waals surface area contributed by atoms with Gasteiger partial charge in [-0.3, -0.25) is 0 Å². The van der Waals surface area contributed by atoms with Crippen LogP contribution in [0, 0.1) is 3.57 Å². The van der Waals surface area contributed by atoms with Crippen LogP contribution in [0.5, 0.6) is 0 Å². The van der Waals surface area contributed by atoms with Gasteiger partial charge in [-0.1, -0.05) is 0 Å². The highest BCUT2D eigenvalue weighted by Gasteiger charge is 2.17. The number of rotatable bonds is 4. The molecule has 1 aromatic rings. The summed E-state index contributed by atoms with van der Waals surface area (Å²) in [5, 5.41) is 15.0. The van der Waals surface area contributed by atoms with Crippen molar-refractivity contribution in [3.8, 4) is 0 Å². The first-order valence-electron chi connectivity index (χ1n) is 6.25. The minimum atomic E-state index is -1.05. The van der Waals surface area contributed by atoms with Gasteiger partial charge in [0.25, 0.3) is 0 Å². The van der Waals surface area contributed by atoms with Gasteiger partial charge in [-0.25, -0.2) is 9.59 Å². The third-order valence-electron chi connectivity index (χ3n) is 2.97. The molecular weight excluding hydrogens is 391 g/mol. The van der Waals surface area contributed by atoms with E-state index in [0.717, 1.165) is 15.7 Å². The van der Waals surface area contributed by atoms with Crippen molar-refractivity contribution in [1.82, 2.24) is 5.32 Å². The zero-order chi connectivity index (χ0) is 14.5. The Labute approximate surface area is 135 Å². The Morgan fingerprint density at radius 2 is 2.25 bits per heavy atom. The number of carboxylic acid groups (broad SMARTS) is 1. The number of nitrogens with one attached hydrogen (secondary N) is 2. The first-order valence-corrected chi connectivity index (χ1v) is 8.38. The summed E-state index contributed by atoms with van der Waals surface area (Å²) in [6.45, 7) is 0.614. The summed E-state index contributed by atoms with van der Waals surface area (Å²) in [4.78, 5) is 22.9. The number of hydrogen-bond acceptors (Lipinski definition) is 3. The van der Waals surface area contributed by atoms with E-state index in [4.69, 9.17) is 5.11 Å². The zero-order valence-electron chi connectivity index (χ0n) is 10.7. The van der Waals surface area contributed by atoms with E-state index in [0.29, 0.717) is 17.5 Å². The summed E-state index contributed by atoms with van der Waals surface area (Å²) in [6.07, 6.45) is 2.31. The molecule has 108 valence electrons. The first-order chi connectivity index (χ1) is 9.56. The van der Waals surface area contributed by atoms with Crippen LogP contribution in [0.2, 0.25) is 0 Å². The number of thioether (sulfide) groups is 1. The number of benzene rings is 1. The maximum Gasteiger partial charge on any atom is 0.337 e. The number of carbonyl (C=O) groups excluding carboxylic acids is 1. The van der Waals surface area contributed by atoms with Crippen LogP contribution in [0.3, 0.4) is 0 Å². The molecule has 1 unspecified atom stereocenters. The van der Waals surface area contributed by atoms with Gasteiger partial charge in [-0.2, -0.15) is 11.8 Å². The maximum absolute atomic E-state index is 11.8. The van der Waals surface area contributed by atoms with Gasteiger partial charge in [0.1, 0.15) is 0 Å². The Morgan fingerprint density at radius 3 is 2.90 bits per heavy atom. The molecule has 0 aliphatic carbocycles. The number of hydrogen-bond donors (Lipinski definition) is 3. The van der Waals surface area contributed by atoms with Gasteiger partial charge in [0.15, 0.2) is 0 Å². The largest absolute Gasteiger partial charge is 0.478 e. The third kappa shape index (κ3) is 4.27. The molecular formula is C13H15IN2O3S. The molecule has 3 N–H and O–H groups in total. The topological polar surface area (TPSA) is 78.4 Å². The van der Waals surface area contributed by atoms with Crippen molar-refractivity contribution in [3.05, 3.63) is 27.3 Å². The fourth-order valence-electron chi connectivity index (χ4n) is 1.98. The predicted octanol–water partition coefficient (Wildman–Crippen LogP) is 3.01. The van der Waals surface area contributed by atoms with Gasteiger partial charge in [0.2, 0.25) is 0 Å². The van der Waals surface area contributed by atoms with Crippen molar-refractivity contribution in [3.63, 3.8) is 0 Å². The molecule has 20 heavy (non-hydrogen) atoms. The average Bonchev–Trinajstić information content (AvgIpc) is 2.91. The summed E-state index contributed by atoms with van der Waals surface area (Å²) < 4.78 is 0.813. The van der Waals surface area contributed by atoms with Crippen molar-refractivity contribution in [1.29, 1.82) is 0 Å². The molecule has 1 atom stereocenters. The second kappa shape index (κ2) is 7.16. The highest BCUT2D eigenvalue weighted by Crippen LogP contribution is 2.25. The van der Waals surface area contributed by atoms with Crippen LogP contribution in [-0.2, 0) is 0 Å². The summed E-state index contributed by atoms with van der Waals surface area (Å²) in [7, 11) is 0. The molecule has 1 aliphatic heterocycles. The molecule has 7 heteroatoms. The van der Waals surface area contributed by atoms with Crippen LogP contribution in [0.15, 0.2) is 18.2 Å². The van der Waals surface area contributed by atoms with E-state index in [1.165, 1.54) is 12.5 Å². The molecule has 0 spiro atoms. The molecule has 1 aliphatic rings. The Balaban J connectivity index is 1.94. The normalized spacial score (nSPS) is 17.8. The molecule has 5 nitrogen and oxygen atoms in total. The first kappa shape index (κ1) is 15.4. The number of amides is 2. The van der Waals surface area contributed by atoms with Crippen molar-refractivity contribution in [2.45, 2.75) is 18.1 Å². The number of carboxylic acids is 1. The van der Waals surface area contributed by atoms with Gasteiger partial charge in [-0.15, -0.1) is 0 Å². The quantitative estimate of drug-likeness (QED) is 0.672. The van der Waals surface area contributed by atoms with Crippen molar-refractivity contribution >= 4 is 52.0 Å². The highest BCUT2D eigenvalue weighted by atomic mass is 127. The fourth-order valence-corrected chi connectivity index (χ4v) is 3.67. The average molecular weight is 406 g/mol. The Bertz CT molecular complexity index is 518. The SMILES string of the molecule is O=C(NCC1CCCS1)Nc1ccc(I)cc1C(=O)O. The summed E-state index contributed by atoms with van der Waals surface area (Å²) in [6, 6.07) is 4.54. The number of halogens is 1. The second-order valence-corrected chi connectivity index (χ2v) is 7.12. The number of carbonyl (C=O) groups is 2. The van der Waals surface area contributed by atoms with Gasteiger partial charge in [0.05, 0.1) is 11.3 Å². The molecule has 1 saturated heterocycles. The van der Waals surface area contributed by atoms with Crippen LogP contribution in [0.25, 0.3) is 0 Å². The highest BCUT2D eigenvalue weighted by molar-refractivity contribution is 14.1. The van der Waals surface area contributed by atoms with E-state index in [9.17, 15) is 9.59 Å². The van der Waals surface area contributed by atoms with Crippen molar-refractivity contribution in [2.75, 3.05) is 17.6 Å². The monoisotopic (exact) mass is 406 g/mol.